The molecule has 0 radical (unpaired) electrons. The first-order chi connectivity index (χ1) is 14.3. The monoisotopic (exact) mass is 436 g/mol. The van der Waals surface area contributed by atoms with E-state index in [9.17, 15) is 18.0 Å². The highest BCUT2D eigenvalue weighted by atomic mass is 32.2. The van der Waals surface area contributed by atoms with Crippen molar-refractivity contribution in [3.63, 3.8) is 0 Å². The molecule has 2 amide bonds. The van der Waals surface area contributed by atoms with Gasteiger partial charge in [-0.2, -0.15) is 4.31 Å². The molecule has 1 saturated carbocycles. The van der Waals surface area contributed by atoms with Gasteiger partial charge in [-0.05, 0) is 43.5 Å². The summed E-state index contributed by atoms with van der Waals surface area (Å²) in [6.07, 6.45) is 3.90. The maximum absolute atomic E-state index is 13.0. The zero-order valence-electron chi connectivity index (χ0n) is 17.8. The lowest BCUT2D eigenvalue weighted by atomic mass is 9.97. The summed E-state index contributed by atoms with van der Waals surface area (Å²) in [5.74, 6) is -0.441. The van der Waals surface area contributed by atoms with E-state index in [1.54, 1.807) is 18.2 Å². The Kier molecular flexibility index (Phi) is 7.49. The SMILES string of the molecule is CCN1CCN(S(=O)(=O)c2cccc(NC(=O)C(NC(C)=O)C3CCCC3)c2)CC1. The molecule has 2 fully saturated rings. The molecule has 0 aromatic heterocycles. The molecule has 0 bridgehead atoms. The highest BCUT2D eigenvalue weighted by molar-refractivity contribution is 7.89. The number of amides is 2. The summed E-state index contributed by atoms with van der Waals surface area (Å²) in [4.78, 5) is 26.9. The van der Waals surface area contributed by atoms with Gasteiger partial charge in [-0.1, -0.05) is 25.8 Å². The third-order valence-corrected chi connectivity index (χ3v) is 7.92. The fourth-order valence-corrected chi connectivity index (χ4v) is 5.77. The quantitative estimate of drug-likeness (QED) is 0.677. The molecule has 166 valence electrons. The van der Waals surface area contributed by atoms with E-state index in [1.165, 1.54) is 17.3 Å². The minimum absolute atomic E-state index is 0.107. The second-order valence-electron chi connectivity index (χ2n) is 8.08. The van der Waals surface area contributed by atoms with Gasteiger partial charge >= 0.3 is 0 Å². The fraction of sp³-hybridized carbons (Fsp3) is 0.619. The number of anilines is 1. The van der Waals surface area contributed by atoms with Gasteiger partial charge in [0.1, 0.15) is 6.04 Å². The molecule has 2 aliphatic rings. The molecule has 1 aromatic rings. The van der Waals surface area contributed by atoms with E-state index in [1.807, 2.05) is 0 Å². The average molecular weight is 437 g/mol. The van der Waals surface area contributed by atoms with Crippen molar-refractivity contribution in [3.8, 4) is 0 Å². The highest BCUT2D eigenvalue weighted by Gasteiger charge is 2.32. The third-order valence-electron chi connectivity index (χ3n) is 6.03. The molecule has 1 atom stereocenters. The van der Waals surface area contributed by atoms with E-state index in [4.69, 9.17) is 0 Å². The van der Waals surface area contributed by atoms with Crippen molar-refractivity contribution in [3.05, 3.63) is 24.3 Å². The number of nitrogens with one attached hydrogen (secondary N) is 2. The van der Waals surface area contributed by atoms with Crippen LogP contribution in [0, 0.1) is 5.92 Å². The Bertz CT molecular complexity index is 860. The van der Waals surface area contributed by atoms with Gasteiger partial charge in [-0.15, -0.1) is 0 Å². The number of rotatable bonds is 7. The van der Waals surface area contributed by atoms with E-state index in [0.717, 1.165) is 32.2 Å². The van der Waals surface area contributed by atoms with Crippen molar-refractivity contribution in [1.82, 2.24) is 14.5 Å². The lowest BCUT2D eigenvalue weighted by Gasteiger charge is -2.33. The summed E-state index contributed by atoms with van der Waals surface area (Å²) >= 11 is 0. The number of carbonyl (C=O) groups is 2. The summed E-state index contributed by atoms with van der Waals surface area (Å²) in [5, 5.41) is 5.58. The molecule has 1 unspecified atom stereocenters. The van der Waals surface area contributed by atoms with Crippen molar-refractivity contribution >= 4 is 27.5 Å². The Morgan fingerprint density at radius 1 is 1.13 bits per heavy atom. The Balaban J connectivity index is 1.72. The summed E-state index contributed by atoms with van der Waals surface area (Å²) in [6, 6.07) is 5.75. The Morgan fingerprint density at radius 3 is 2.40 bits per heavy atom. The predicted molar refractivity (Wildman–Crippen MR) is 116 cm³/mol. The number of carbonyl (C=O) groups excluding carboxylic acids is 2. The van der Waals surface area contributed by atoms with Gasteiger partial charge in [0.15, 0.2) is 0 Å². The first-order valence-electron chi connectivity index (χ1n) is 10.7. The van der Waals surface area contributed by atoms with Gasteiger partial charge in [0.25, 0.3) is 0 Å². The van der Waals surface area contributed by atoms with Crippen LogP contribution in [-0.4, -0.2) is 68.2 Å². The maximum atomic E-state index is 13.0. The Labute approximate surface area is 179 Å². The summed E-state index contributed by atoms with van der Waals surface area (Å²) in [7, 11) is -3.62. The lowest BCUT2D eigenvalue weighted by molar-refractivity contribution is -0.126. The van der Waals surface area contributed by atoms with Crippen LogP contribution in [0.5, 0.6) is 0 Å². The Morgan fingerprint density at radius 2 is 1.80 bits per heavy atom. The Hall–Kier alpha value is -1.97. The molecule has 8 nitrogen and oxygen atoms in total. The molecule has 0 spiro atoms. The lowest BCUT2D eigenvalue weighted by Crippen LogP contribution is -2.48. The van der Waals surface area contributed by atoms with Gasteiger partial charge in [0.05, 0.1) is 4.90 Å². The number of piperazine rings is 1. The maximum Gasteiger partial charge on any atom is 0.247 e. The number of likely N-dealkylation sites (N-methyl/N-ethyl adjacent to an activating group) is 1. The number of sulfonamides is 1. The molecule has 9 heteroatoms. The molecular formula is C21H32N4O4S. The normalized spacial score (nSPS) is 20.1. The predicted octanol–water partition coefficient (Wildman–Crippen LogP) is 1.65. The van der Waals surface area contributed by atoms with Crippen LogP contribution >= 0.6 is 0 Å². The van der Waals surface area contributed by atoms with Crippen LogP contribution in [0.4, 0.5) is 5.69 Å². The van der Waals surface area contributed by atoms with Gasteiger partial charge < -0.3 is 15.5 Å². The van der Waals surface area contributed by atoms with E-state index in [-0.39, 0.29) is 22.6 Å². The highest BCUT2D eigenvalue weighted by Crippen LogP contribution is 2.29. The smallest absolute Gasteiger partial charge is 0.247 e. The number of nitrogens with zero attached hydrogens (tertiary/aromatic N) is 2. The summed E-state index contributed by atoms with van der Waals surface area (Å²) in [5.41, 5.74) is 0.418. The van der Waals surface area contributed by atoms with Crippen LogP contribution in [0.1, 0.15) is 39.5 Å². The molecule has 2 N–H and O–H groups in total. The fourth-order valence-electron chi connectivity index (χ4n) is 4.30. The van der Waals surface area contributed by atoms with Crippen molar-refractivity contribution in [2.24, 2.45) is 5.92 Å². The van der Waals surface area contributed by atoms with Crippen molar-refractivity contribution in [1.29, 1.82) is 0 Å². The molecule has 1 aromatic carbocycles. The largest absolute Gasteiger partial charge is 0.344 e. The number of benzene rings is 1. The van der Waals surface area contributed by atoms with Crippen molar-refractivity contribution in [2.45, 2.75) is 50.5 Å². The van der Waals surface area contributed by atoms with Crippen LogP contribution in [0.2, 0.25) is 0 Å². The molecule has 1 saturated heterocycles. The van der Waals surface area contributed by atoms with Gasteiger partial charge in [-0.3, -0.25) is 9.59 Å². The van der Waals surface area contributed by atoms with Gasteiger partial charge in [0, 0.05) is 38.8 Å². The minimum Gasteiger partial charge on any atom is -0.344 e. The van der Waals surface area contributed by atoms with Gasteiger partial charge in [0.2, 0.25) is 21.8 Å². The van der Waals surface area contributed by atoms with Crippen LogP contribution in [0.25, 0.3) is 0 Å². The van der Waals surface area contributed by atoms with E-state index in [2.05, 4.69) is 22.5 Å². The summed E-state index contributed by atoms with van der Waals surface area (Å²) in [6.45, 7) is 6.72. The van der Waals surface area contributed by atoms with E-state index in [0.29, 0.717) is 31.9 Å². The first kappa shape index (κ1) is 22.7. The molecule has 1 aliphatic heterocycles. The number of hydrogen-bond donors (Lipinski definition) is 2. The average Bonchev–Trinajstić information content (AvgIpc) is 3.26. The summed E-state index contributed by atoms with van der Waals surface area (Å²) < 4.78 is 27.6. The molecule has 1 heterocycles. The molecule has 1 aliphatic carbocycles. The standard InChI is InChI=1S/C21H32N4O4S/c1-3-24-11-13-25(14-12-24)30(28,29)19-10-6-9-18(15-19)23-21(27)20(22-16(2)26)17-7-4-5-8-17/h6,9-10,15,17,20H,3-5,7-8,11-14H2,1-2H3,(H,22,26)(H,23,27). The third kappa shape index (κ3) is 5.39. The van der Waals surface area contributed by atoms with Crippen LogP contribution in [0.15, 0.2) is 29.2 Å². The van der Waals surface area contributed by atoms with E-state index >= 15 is 0 Å². The van der Waals surface area contributed by atoms with Crippen molar-refractivity contribution < 1.29 is 18.0 Å². The minimum atomic E-state index is -3.62. The van der Waals surface area contributed by atoms with Crippen LogP contribution in [-0.2, 0) is 19.6 Å². The topological polar surface area (TPSA) is 98.8 Å². The second-order valence-corrected chi connectivity index (χ2v) is 10.0. The van der Waals surface area contributed by atoms with E-state index < -0.39 is 16.1 Å². The molecular weight excluding hydrogens is 404 g/mol. The van der Waals surface area contributed by atoms with Gasteiger partial charge in [-0.25, -0.2) is 8.42 Å². The number of hydrogen-bond acceptors (Lipinski definition) is 5. The first-order valence-corrected chi connectivity index (χ1v) is 12.2. The molecule has 30 heavy (non-hydrogen) atoms. The second kappa shape index (κ2) is 9.89. The molecule has 3 rings (SSSR count). The van der Waals surface area contributed by atoms with Crippen LogP contribution in [0.3, 0.4) is 0 Å². The zero-order valence-corrected chi connectivity index (χ0v) is 18.6. The van der Waals surface area contributed by atoms with Crippen LogP contribution < -0.4 is 10.6 Å². The van der Waals surface area contributed by atoms with Crippen molar-refractivity contribution in [2.75, 3.05) is 38.0 Å². The zero-order chi connectivity index (χ0) is 21.7.